The van der Waals surface area contributed by atoms with Gasteiger partial charge in [-0.3, -0.25) is 4.79 Å². The second kappa shape index (κ2) is 10.0. The maximum Gasteiger partial charge on any atom is 0.417 e. The van der Waals surface area contributed by atoms with Gasteiger partial charge in [0, 0.05) is 24.4 Å². The Hall–Kier alpha value is -3.24. The average Bonchev–Trinajstić information content (AvgIpc) is 2.77. The second-order valence-electron chi connectivity index (χ2n) is 8.12. The summed E-state index contributed by atoms with van der Waals surface area (Å²) in [4.78, 5) is 35.4. The van der Waals surface area contributed by atoms with Crippen LogP contribution >= 0.6 is 0 Å². The zero-order valence-corrected chi connectivity index (χ0v) is 18.4. The summed E-state index contributed by atoms with van der Waals surface area (Å²) in [7, 11) is 0. The Morgan fingerprint density at radius 1 is 1.28 bits per heavy atom. The predicted molar refractivity (Wildman–Crippen MR) is 111 cm³/mol. The topological polar surface area (TPSA) is 196 Å². The molecule has 0 bridgehead atoms. The van der Waals surface area contributed by atoms with Crippen molar-refractivity contribution in [2.24, 2.45) is 0 Å². The molecule has 2 aromatic rings. The summed E-state index contributed by atoms with van der Waals surface area (Å²) in [6.07, 6.45) is -13.2. The summed E-state index contributed by atoms with van der Waals surface area (Å²) in [5.41, 5.74) is -3.21. The second-order valence-corrected chi connectivity index (χ2v) is 8.12. The lowest BCUT2D eigenvalue weighted by molar-refractivity contribution is -0.284. The van der Waals surface area contributed by atoms with E-state index in [2.05, 4.69) is 5.32 Å². The van der Waals surface area contributed by atoms with Crippen molar-refractivity contribution >= 4 is 22.8 Å². The Morgan fingerprint density at radius 2 is 1.94 bits per heavy atom. The van der Waals surface area contributed by atoms with Crippen LogP contribution in [0.1, 0.15) is 18.9 Å². The molecule has 6 N–H and O–H groups in total. The summed E-state index contributed by atoms with van der Waals surface area (Å²) in [6.45, 7) is 0.0718. The molecule has 1 saturated heterocycles. The van der Waals surface area contributed by atoms with Crippen LogP contribution in [-0.2, 0) is 20.5 Å². The van der Waals surface area contributed by atoms with E-state index in [1.54, 1.807) is 0 Å². The molecule has 12 nitrogen and oxygen atoms in total. The van der Waals surface area contributed by atoms with Crippen LogP contribution < -0.4 is 15.7 Å². The van der Waals surface area contributed by atoms with E-state index in [-0.39, 0.29) is 6.07 Å². The number of alkyl halides is 3. The van der Waals surface area contributed by atoms with Crippen LogP contribution in [0.15, 0.2) is 33.5 Å². The third-order valence-corrected chi connectivity index (χ3v) is 5.49. The largest absolute Gasteiger partial charge is 0.476 e. The summed E-state index contributed by atoms with van der Waals surface area (Å²) in [6, 6.07) is 1.42. The van der Waals surface area contributed by atoms with Crippen LogP contribution in [0, 0.1) is 0 Å². The molecule has 1 fully saturated rings. The van der Waals surface area contributed by atoms with E-state index in [1.165, 1.54) is 0 Å². The molecule has 0 spiro atoms. The molecule has 2 heterocycles. The van der Waals surface area contributed by atoms with Crippen LogP contribution in [0.25, 0.3) is 11.0 Å². The van der Waals surface area contributed by atoms with Crippen molar-refractivity contribution in [3.05, 3.63) is 40.2 Å². The van der Waals surface area contributed by atoms with E-state index in [0.29, 0.717) is 0 Å². The lowest BCUT2D eigenvalue weighted by Gasteiger charge is -2.46. The smallest absolute Gasteiger partial charge is 0.417 e. The molecule has 3 rings (SSSR count). The predicted octanol–water partition coefficient (Wildman–Crippen LogP) is -0.660. The van der Waals surface area contributed by atoms with Crippen LogP contribution in [0.3, 0.4) is 0 Å². The maximum atomic E-state index is 13.3. The Bertz CT molecular complexity index is 1200. The number of ether oxygens (including phenoxy) is 2. The number of carboxylic acid groups (broad SMARTS) is 1. The molecular weight excluding hydrogens is 499 g/mol. The van der Waals surface area contributed by atoms with Crippen LogP contribution in [-0.4, -0.2) is 80.3 Å². The fourth-order valence-electron chi connectivity index (χ4n) is 3.86. The van der Waals surface area contributed by atoms with Gasteiger partial charge in [0.15, 0.2) is 0 Å². The molecule has 0 saturated carbocycles. The Morgan fingerprint density at radius 3 is 2.50 bits per heavy atom. The van der Waals surface area contributed by atoms with Crippen molar-refractivity contribution in [2.45, 2.75) is 55.8 Å². The molecule has 1 amide bonds. The zero-order chi connectivity index (χ0) is 27.0. The number of nitrogens with one attached hydrogen (secondary N) is 1. The molecule has 1 aliphatic rings. The van der Waals surface area contributed by atoms with Crippen LogP contribution in [0.2, 0.25) is 0 Å². The third-order valence-electron chi connectivity index (χ3n) is 5.49. The molecule has 0 aliphatic carbocycles. The number of hydrogen-bond acceptors (Lipinski definition) is 10. The van der Waals surface area contributed by atoms with Crippen molar-refractivity contribution in [1.82, 2.24) is 5.32 Å². The molecule has 1 aliphatic heterocycles. The first-order valence-electron chi connectivity index (χ1n) is 10.4. The fraction of sp³-hybridized carbons (Fsp3) is 0.476. The monoisotopic (exact) mass is 521 g/mol. The van der Waals surface area contributed by atoms with Crippen molar-refractivity contribution in [3.63, 3.8) is 0 Å². The van der Waals surface area contributed by atoms with Crippen LogP contribution in [0.5, 0.6) is 5.75 Å². The van der Waals surface area contributed by atoms with E-state index in [4.69, 9.17) is 19.0 Å². The van der Waals surface area contributed by atoms with Gasteiger partial charge in [0.05, 0.1) is 30.7 Å². The summed E-state index contributed by atoms with van der Waals surface area (Å²) in [5.74, 6) is -5.78. The molecule has 36 heavy (non-hydrogen) atoms. The minimum absolute atomic E-state index is 0.253. The molecule has 15 heteroatoms. The number of halogens is 3. The highest BCUT2D eigenvalue weighted by atomic mass is 19.4. The molecule has 1 unspecified atom stereocenters. The number of fused-ring (bicyclic) bond motifs is 1. The third kappa shape index (κ3) is 5.44. The first kappa shape index (κ1) is 27.3. The average molecular weight is 521 g/mol. The number of benzene rings is 1. The van der Waals surface area contributed by atoms with E-state index in [0.717, 1.165) is 25.1 Å². The first-order valence-corrected chi connectivity index (χ1v) is 10.4. The highest BCUT2D eigenvalue weighted by Gasteiger charge is 2.56. The van der Waals surface area contributed by atoms with E-state index >= 15 is 0 Å². The lowest BCUT2D eigenvalue weighted by Crippen LogP contribution is -2.68. The summed E-state index contributed by atoms with van der Waals surface area (Å²) >= 11 is 0. The maximum absolute atomic E-state index is 13.3. The van der Waals surface area contributed by atoms with Crippen LogP contribution in [0.4, 0.5) is 13.2 Å². The van der Waals surface area contributed by atoms with E-state index in [9.17, 15) is 48.0 Å². The number of aliphatic hydroxyl groups excluding tert-OH is 4. The van der Waals surface area contributed by atoms with Crippen molar-refractivity contribution < 1.29 is 62.2 Å². The zero-order valence-electron chi connectivity index (χ0n) is 18.4. The summed E-state index contributed by atoms with van der Waals surface area (Å²) < 4.78 is 55.5. The van der Waals surface area contributed by atoms with Gasteiger partial charge >= 0.3 is 23.6 Å². The minimum atomic E-state index is -4.90. The van der Waals surface area contributed by atoms with Gasteiger partial charge in [-0.05, 0) is 12.1 Å². The van der Waals surface area contributed by atoms with Gasteiger partial charge < -0.3 is 44.7 Å². The molecule has 1 aromatic heterocycles. The Balaban J connectivity index is 2.05. The molecule has 6 atom stereocenters. The minimum Gasteiger partial charge on any atom is -0.476 e. The molecular formula is C21H22F3NO11. The summed E-state index contributed by atoms with van der Waals surface area (Å²) in [5, 5.41) is 51.7. The van der Waals surface area contributed by atoms with E-state index < -0.39 is 95.2 Å². The number of carbonyl (C=O) groups excluding carboxylic acids is 1. The van der Waals surface area contributed by atoms with Gasteiger partial charge in [0.25, 0.3) is 0 Å². The lowest BCUT2D eigenvalue weighted by atomic mass is 9.88. The van der Waals surface area contributed by atoms with Gasteiger partial charge in [-0.1, -0.05) is 0 Å². The number of hydrogen-bond donors (Lipinski definition) is 6. The van der Waals surface area contributed by atoms with Gasteiger partial charge in [0.1, 0.15) is 29.6 Å². The van der Waals surface area contributed by atoms with Crippen molar-refractivity contribution in [3.8, 4) is 5.75 Å². The van der Waals surface area contributed by atoms with E-state index in [1.807, 2.05) is 0 Å². The number of amides is 1. The quantitative estimate of drug-likeness (QED) is 0.253. The number of carbonyl (C=O) groups is 2. The fourth-order valence-corrected chi connectivity index (χ4v) is 3.86. The van der Waals surface area contributed by atoms with Gasteiger partial charge in [-0.25, -0.2) is 9.59 Å². The molecule has 198 valence electrons. The number of carboxylic acids is 1. The standard InChI is InChI=1S/C21H22F3NO11/c1-8(27)25-16-12(28)6-20(19(32)33,36-18(16)17(31)13(29)7-26)35-9-2-3-10-11(21(22,23)24)5-15(30)34-14(10)4-9/h2-5,12-13,16-18,26,28-29,31H,6-7H2,1H3,(H,25,27)(H,32,33)/t12-,13-,16-,17-,18-,20?/m1/s1. The van der Waals surface area contributed by atoms with Gasteiger partial charge in [-0.2, -0.15) is 13.2 Å². The van der Waals surface area contributed by atoms with Crippen molar-refractivity contribution in [1.29, 1.82) is 0 Å². The van der Waals surface area contributed by atoms with Gasteiger partial charge in [-0.15, -0.1) is 0 Å². The molecule has 0 radical (unpaired) electrons. The van der Waals surface area contributed by atoms with Crippen molar-refractivity contribution in [2.75, 3.05) is 6.61 Å². The Labute approximate surface area is 199 Å². The number of aliphatic hydroxyl groups is 4. The highest BCUT2D eigenvalue weighted by Crippen LogP contribution is 2.38. The first-order chi connectivity index (χ1) is 16.7. The number of aliphatic carboxylic acids is 1. The SMILES string of the molecule is CC(=O)N[C@H]1[C@H]([C@H](O)[C@H](O)CO)OC(Oc2ccc3c(C(F)(F)F)cc(=O)oc3c2)(C(=O)O)C[C@H]1O. The van der Waals surface area contributed by atoms with Gasteiger partial charge in [0.2, 0.25) is 5.91 Å². The number of rotatable bonds is 7. The molecule has 1 aromatic carbocycles. The highest BCUT2D eigenvalue weighted by molar-refractivity contribution is 5.82. The normalized spacial score (nSPS) is 26.3. The Kier molecular flexibility index (Phi) is 7.61.